The SMILES string of the molecule is CN(C)CCOc1ccc(CNC(=O)N(C)Cc2nccn2C(F)F)cc1. The predicted octanol–water partition coefficient (Wildman–Crippen LogP) is 2.56. The third-order valence-corrected chi connectivity index (χ3v) is 3.86. The van der Waals surface area contributed by atoms with Crippen LogP contribution in [0.15, 0.2) is 36.7 Å². The lowest BCUT2D eigenvalue weighted by atomic mass is 10.2. The number of imidazole rings is 1. The van der Waals surface area contributed by atoms with Crippen molar-refractivity contribution in [3.63, 3.8) is 0 Å². The van der Waals surface area contributed by atoms with Crippen LogP contribution in [0.2, 0.25) is 0 Å². The van der Waals surface area contributed by atoms with E-state index in [9.17, 15) is 13.6 Å². The van der Waals surface area contributed by atoms with Crippen molar-refractivity contribution < 1.29 is 18.3 Å². The van der Waals surface area contributed by atoms with Crippen LogP contribution in [0, 0.1) is 0 Å². The second-order valence-corrected chi connectivity index (χ2v) is 6.34. The van der Waals surface area contributed by atoms with Crippen LogP contribution in [0.1, 0.15) is 17.9 Å². The van der Waals surface area contributed by atoms with Crippen LogP contribution in [0.3, 0.4) is 0 Å². The van der Waals surface area contributed by atoms with Gasteiger partial charge in [0.25, 0.3) is 0 Å². The number of nitrogens with zero attached hydrogens (tertiary/aromatic N) is 4. The number of ether oxygens (including phenoxy) is 1. The molecule has 2 aromatic rings. The smallest absolute Gasteiger partial charge is 0.319 e. The Bertz CT molecular complexity index is 719. The Kier molecular flexibility index (Phi) is 7.54. The van der Waals surface area contributed by atoms with Gasteiger partial charge in [-0.3, -0.25) is 4.57 Å². The number of urea groups is 1. The lowest BCUT2D eigenvalue weighted by molar-refractivity contribution is 0.0651. The number of carbonyl (C=O) groups is 1. The quantitative estimate of drug-likeness (QED) is 0.725. The number of benzene rings is 1. The Balaban J connectivity index is 1.79. The number of carbonyl (C=O) groups excluding carboxylic acids is 1. The van der Waals surface area contributed by atoms with Gasteiger partial charge in [0.05, 0.1) is 6.54 Å². The number of aromatic nitrogens is 2. The summed E-state index contributed by atoms with van der Waals surface area (Å²) in [6.07, 6.45) is 2.48. The van der Waals surface area contributed by atoms with Gasteiger partial charge in [0.2, 0.25) is 0 Å². The number of halogens is 2. The molecule has 0 bridgehead atoms. The first-order valence-corrected chi connectivity index (χ1v) is 8.52. The van der Waals surface area contributed by atoms with Crippen LogP contribution >= 0.6 is 0 Å². The molecule has 0 aliphatic heterocycles. The van der Waals surface area contributed by atoms with Gasteiger partial charge in [-0.15, -0.1) is 0 Å². The maximum atomic E-state index is 12.8. The molecule has 9 heteroatoms. The van der Waals surface area contributed by atoms with Crippen LogP contribution < -0.4 is 10.1 Å². The lowest BCUT2D eigenvalue weighted by Gasteiger charge is -2.18. The van der Waals surface area contributed by atoms with Crippen molar-refractivity contribution in [1.29, 1.82) is 0 Å². The summed E-state index contributed by atoms with van der Waals surface area (Å²) in [4.78, 5) is 19.4. The van der Waals surface area contributed by atoms with Crippen molar-refractivity contribution in [3.8, 4) is 5.75 Å². The Hall–Kier alpha value is -2.68. The summed E-state index contributed by atoms with van der Waals surface area (Å²) < 4.78 is 32.0. The fraction of sp³-hybridized carbons (Fsp3) is 0.444. The number of hydrogen-bond donors (Lipinski definition) is 1. The van der Waals surface area contributed by atoms with Gasteiger partial charge in [-0.25, -0.2) is 9.78 Å². The van der Waals surface area contributed by atoms with E-state index >= 15 is 0 Å². The van der Waals surface area contributed by atoms with E-state index in [2.05, 4.69) is 10.3 Å². The molecule has 0 aliphatic carbocycles. The predicted molar refractivity (Wildman–Crippen MR) is 97.7 cm³/mol. The average Bonchev–Trinajstić information content (AvgIpc) is 3.08. The molecule has 2 rings (SSSR count). The molecule has 7 nitrogen and oxygen atoms in total. The monoisotopic (exact) mass is 381 g/mol. The number of nitrogens with one attached hydrogen (secondary N) is 1. The van der Waals surface area contributed by atoms with E-state index < -0.39 is 6.55 Å². The van der Waals surface area contributed by atoms with Gasteiger partial charge in [-0.2, -0.15) is 8.78 Å². The van der Waals surface area contributed by atoms with Crippen LogP contribution in [-0.4, -0.2) is 59.7 Å². The third kappa shape index (κ3) is 6.52. The van der Waals surface area contributed by atoms with E-state index in [0.29, 0.717) is 13.2 Å². The van der Waals surface area contributed by atoms with Gasteiger partial charge in [-0.1, -0.05) is 12.1 Å². The Morgan fingerprint density at radius 2 is 1.96 bits per heavy atom. The number of amides is 2. The minimum Gasteiger partial charge on any atom is -0.492 e. The summed E-state index contributed by atoms with van der Waals surface area (Å²) in [7, 11) is 5.49. The maximum Gasteiger partial charge on any atom is 0.319 e. The zero-order chi connectivity index (χ0) is 19.8. The molecule has 1 N–H and O–H groups in total. The first kappa shape index (κ1) is 20.6. The van der Waals surface area contributed by atoms with Crippen molar-refractivity contribution in [2.45, 2.75) is 19.6 Å². The van der Waals surface area contributed by atoms with Crippen molar-refractivity contribution in [1.82, 2.24) is 24.7 Å². The molecular formula is C18H25F2N5O2. The summed E-state index contributed by atoms with van der Waals surface area (Å²) in [5, 5.41) is 2.75. The number of alkyl halides is 2. The average molecular weight is 381 g/mol. The molecule has 0 radical (unpaired) electrons. The number of likely N-dealkylation sites (N-methyl/N-ethyl adjacent to an activating group) is 1. The second kappa shape index (κ2) is 9.86. The maximum absolute atomic E-state index is 12.8. The molecule has 1 heterocycles. The molecular weight excluding hydrogens is 356 g/mol. The molecule has 1 aromatic heterocycles. The van der Waals surface area contributed by atoms with Gasteiger partial charge < -0.3 is 19.9 Å². The standard InChI is InChI=1S/C18H25F2N5O2/c1-23(2)10-11-27-15-6-4-14(5-7-15)12-22-18(26)24(3)13-16-21-8-9-25(16)17(19)20/h4-9,17H,10-13H2,1-3H3,(H,22,26). The molecule has 148 valence electrons. The Labute approximate surface area is 157 Å². The number of rotatable bonds is 9. The third-order valence-electron chi connectivity index (χ3n) is 3.86. The van der Waals surface area contributed by atoms with E-state index in [0.717, 1.165) is 22.4 Å². The molecule has 0 fully saturated rings. The van der Waals surface area contributed by atoms with Gasteiger partial charge in [0, 0.05) is 32.5 Å². The molecule has 0 atom stereocenters. The Morgan fingerprint density at radius 1 is 1.26 bits per heavy atom. The van der Waals surface area contributed by atoms with Crippen LogP contribution in [0.5, 0.6) is 5.75 Å². The molecule has 0 unspecified atom stereocenters. The molecule has 0 saturated carbocycles. The fourth-order valence-corrected chi connectivity index (χ4v) is 2.29. The van der Waals surface area contributed by atoms with Gasteiger partial charge in [0.1, 0.15) is 18.2 Å². The molecule has 2 amide bonds. The normalized spacial score (nSPS) is 11.1. The summed E-state index contributed by atoms with van der Waals surface area (Å²) in [6.45, 7) is -0.944. The van der Waals surface area contributed by atoms with Crippen LogP contribution in [0.4, 0.5) is 13.6 Å². The topological polar surface area (TPSA) is 62.6 Å². The van der Waals surface area contributed by atoms with Crippen molar-refractivity contribution in [3.05, 3.63) is 48.0 Å². The molecule has 0 saturated heterocycles. The fourth-order valence-electron chi connectivity index (χ4n) is 2.29. The highest BCUT2D eigenvalue weighted by molar-refractivity contribution is 5.73. The van der Waals surface area contributed by atoms with Gasteiger partial charge in [-0.05, 0) is 31.8 Å². The van der Waals surface area contributed by atoms with Crippen LogP contribution in [-0.2, 0) is 13.1 Å². The van der Waals surface area contributed by atoms with E-state index in [-0.39, 0.29) is 18.4 Å². The summed E-state index contributed by atoms with van der Waals surface area (Å²) in [6, 6.07) is 7.06. The first-order chi connectivity index (χ1) is 12.9. The second-order valence-electron chi connectivity index (χ2n) is 6.34. The highest BCUT2D eigenvalue weighted by Crippen LogP contribution is 2.14. The lowest BCUT2D eigenvalue weighted by Crippen LogP contribution is -2.37. The van der Waals surface area contributed by atoms with Gasteiger partial charge >= 0.3 is 12.6 Å². The highest BCUT2D eigenvalue weighted by Gasteiger charge is 2.16. The molecule has 0 aliphatic rings. The van der Waals surface area contributed by atoms with E-state index in [4.69, 9.17) is 4.74 Å². The molecule has 0 spiro atoms. The zero-order valence-electron chi connectivity index (χ0n) is 15.7. The minimum absolute atomic E-state index is 0.0121. The van der Waals surface area contributed by atoms with Gasteiger partial charge in [0.15, 0.2) is 0 Å². The minimum atomic E-state index is -2.68. The van der Waals surface area contributed by atoms with Crippen molar-refractivity contribution in [2.24, 2.45) is 0 Å². The summed E-state index contributed by atoms with van der Waals surface area (Å²) >= 11 is 0. The number of hydrogen-bond acceptors (Lipinski definition) is 4. The highest BCUT2D eigenvalue weighted by atomic mass is 19.3. The molecule has 1 aromatic carbocycles. The van der Waals surface area contributed by atoms with Crippen LogP contribution in [0.25, 0.3) is 0 Å². The molecule has 27 heavy (non-hydrogen) atoms. The Morgan fingerprint density at radius 3 is 2.59 bits per heavy atom. The largest absolute Gasteiger partial charge is 0.492 e. The zero-order valence-corrected chi connectivity index (χ0v) is 15.7. The van der Waals surface area contributed by atoms with Crippen molar-refractivity contribution >= 4 is 6.03 Å². The first-order valence-electron chi connectivity index (χ1n) is 8.52. The summed E-state index contributed by atoms with van der Waals surface area (Å²) in [5.41, 5.74) is 0.908. The summed E-state index contributed by atoms with van der Waals surface area (Å²) in [5.74, 6) is 0.893. The van der Waals surface area contributed by atoms with Crippen molar-refractivity contribution in [2.75, 3.05) is 34.3 Å². The van der Waals surface area contributed by atoms with E-state index in [1.54, 1.807) is 0 Å². The van der Waals surface area contributed by atoms with E-state index in [1.165, 1.54) is 24.3 Å². The van der Waals surface area contributed by atoms with E-state index in [1.807, 2.05) is 43.3 Å².